The van der Waals surface area contributed by atoms with Crippen molar-refractivity contribution in [2.45, 2.75) is 145 Å². The molecule has 1 aliphatic rings. The number of hydrogen-bond acceptors (Lipinski definition) is 3. The number of aryl methyl sites for hydroxylation is 1. The third-order valence-corrected chi connectivity index (χ3v) is 13.1. The molecular weight excluding hydrogens is 998 g/mol. The summed E-state index contributed by atoms with van der Waals surface area (Å²) in [6, 6.07) is 16.5. The van der Waals surface area contributed by atoms with Crippen LogP contribution in [0.3, 0.4) is 0 Å². The van der Waals surface area contributed by atoms with Crippen LogP contribution in [0.2, 0.25) is 0 Å². The molecule has 1 N–H and O–H groups in total. The molecule has 3 unspecified atom stereocenters. The van der Waals surface area contributed by atoms with Crippen LogP contribution in [0.5, 0.6) is 5.75 Å². The fourth-order valence-electron chi connectivity index (χ4n) is 9.18. The summed E-state index contributed by atoms with van der Waals surface area (Å²) in [7, 11) is 0. The number of phenolic OH excluding ortho intramolecular Hbond substituents is 1. The fourth-order valence-corrected chi connectivity index (χ4v) is 9.18. The first kappa shape index (κ1) is 24.7. The third-order valence-electron chi connectivity index (χ3n) is 13.1. The van der Waals surface area contributed by atoms with Crippen molar-refractivity contribution in [3.05, 3.63) is 143 Å². The van der Waals surface area contributed by atoms with E-state index >= 15 is 0 Å². The zero-order chi connectivity index (χ0) is 72.0. The van der Waals surface area contributed by atoms with Crippen LogP contribution in [-0.2, 0) is 37.3 Å². The topological polar surface area (TPSA) is 50.9 Å². The second-order valence-corrected chi connectivity index (χ2v) is 19.4. The number of aromatic nitrogens is 3. The second kappa shape index (κ2) is 18.9. The van der Waals surface area contributed by atoms with Gasteiger partial charge < -0.3 is 5.11 Å². The molecule has 5 heteroatoms. The summed E-state index contributed by atoms with van der Waals surface area (Å²) in [6.45, 7) is -18.1. The van der Waals surface area contributed by atoms with Gasteiger partial charge in [-0.25, -0.2) is 4.98 Å². The summed E-state index contributed by atoms with van der Waals surface area (Å²) >= 11 is 0. The van der Waals surface area contributed by atoms with Crippen LogP contribution in [0.15, 0.2) is 103 Å². The van der Waals surface area contributed by atoms with E-state index in [-0.39, 0.29) is 101 Å². The average molecular weight is 1100 g/mol. The smallest absolute Gasteiger partial charge is 0.148 e. The summed E-state index contributed by atoms with van der Waals surface area (Å²) in [5.41, 5.74) is -13.2. The Morgan fingerprint density at radius 2 is 1.46 bits per heavy atom. The minimum absolute atomic E-state index is 0. The SMILES string of the molecule is [2H]c1c([2H])c(C([2H])([2H])[2H])c([2H])c([2H])c1-c1ccnc(-c2[c-]c(-c3cccc4c3nc(-c3cc(C(C([2H])([2H])[2H])(C([2H])([2H])[2H])C([2H])([2H])[2H])cc(C(C([2H])([2H])[2H])(C([2H])([2H])[2H])C([2H])([2H])[2H])c3O)n4-c3ccc(C4CC(C(C)C)CC(C([2H])(C)C)C4)cc3C([2H])([2H])[2H])cc(C(C)(C)C)c2)c1.[Pt]. The molecular formula is C62H74N3OPt-. The van der Waals surface area contributed by atoms with E-state index in [4.69, 9.17) is 40.6 Å². The van der Waals surface area contributed by atoms with Gasteiger partial charge in [0.1, 0.15) is 11.6 Å². The Bertz CT molecular complexity index is 3990. The summed E-state index contributed by atoms with van der Waals surface area (Å²) in [4.78, 5) is 9.62. The Labute approximate surface area is 458 Å². The van der Waals surface area contributed by atoms with Crippen molar-refractivity contribution in [3.8, 4) is 56.3 Å². The van der Waals surface area contributed by atoms with Crippen LogP contribution in [0.25, 0.3) is 61.6 Å². The number of imidazole rings is 1. The van der Waals surface area contributed by atoms with Gasteiger partial charge in [-0.3, -0.25) is 9.55 Å². The van der Waals surface area contributed by atoms with Crippen molar-refractivity contribution in [3.63, 3.8) is 0 Å². The van der Waals surface area contributed by atoms with E-state index < -0.39 is 141 Å². The fraction of sp³-hybridized carbons (Fsp3) is 0.419. The molecule has 2 heterocycles. The Morgan fingerprint density at radius 1 is 0.746 bits per heavy atom. The van der Waals surface area contributed by atoms with E-state index in [9.17, 15) is 9.22 Å². The zero-order valence-corrected chi connectivity index (χ0v) is 40.8. The van der Waals surface area contributed by atoms with Gasteiger partial charge in [0.25, 0.3) is 0 Å². The first-order valence-corrected chi connectivity index (χ1v) is 22.1. The van der Waals surface area contributed by atoms with Crippen LogP contribution in [-0.4, -0.2) is 19.6 Å². The molecule has 4 nitrogen and oxygen atoms in total. The first-order valence-electron chi connectivity index (χ1n) is 36.6. The molecule has 0 radical (unpaired) electrons. The molecule has 67 heavy (non-hydrogen) atoms. The van der Waals surface area contributed by atoms with Crippen LogP contribution in [0, 0.1) is 43.4 Å². The number of aromatic hydroxyl groups is 1. The Balaban J connectivity index is 0.0000130. The maximum atomic E-state index is 13.1. The van der Waals surface area contributed by atoms with Gasteiger partial charge in [-0.1, -0.05) is 167 Å². The molecule has 354 valence electrons. The predicted molar refractivity (Wildman–Crippen MR) is 280 cm³/mol. The predicted octanol–water partition coefficient (Wildman–Crippen LogP) is 16.9. The van der Waals surface area contributed by atoms with Crippen molar-refractivity contribution in [1.82, 2.24) is 14.5 Å². The zero-order valence-electron chi connectivity index (χ0n) is 67.5. The van der Waals surface area contributed by atoms with E-state index in [0.717, 1.165) is 11.0 Å². The monoisotopic (exact) mass is 1100 g/mol. The van der Waals surface area contributed by atoms with Gasteiger partial charge in [0.15, 0.2) is 0 Å². The van der Waals surface area contributed by atoms with E-state index in [2.05, 4.69) is 24.9 Å². The molecule has 0 spiro atoms. The molecule has 0 saturated heterocycles. The van der Waals surface area contributed by atoms with Crippen LogP contribution in [0.4, 0.5) is 0 Å². The van der Waals surface area contributed by atoms with E-state index in [1.165, 1.54) is 42.6 Å². The van der Waals surface area contributed by atoms with E-state index in [1.54, 1.807) is 24.3 Å². The molecule has 1 saturated carbocycles. The van der Waals surface area contributed by atoms with Gasteiger partial charge in [0.2, 0.25) is 0 Å². The Morgan fingerprint density at radius 3 is 2.13 bits per heavy atom. The molecule has 5 aromatic carbocycles. The van der Waals surface area contributed by atoms with E-state index in [0.29, 0.717) is 30.0 Å². The Kier molecular flexibility index (Phi) is 6.98. The minimum atomic E-state index is -4.30. The molecule has 0 amide bonds. The van der Waals surface area contributed by atoms with Gasteiger partial charge in [0, 0.05) is 72.8 Å². The molecule has 0 bridgehead atoms. The van der Waals surface area contributed by atoms with Gasteiger partial charge in [-0.2, -0.15) is 0 Å². The summed E-state index contributed by atoms with van der Waals surface area (Å²) in [6.07, 6.45) is 3.15. The summed E-state index contributed by atoms with van der Waals surface area (Å²) in [5.74, 6) is -3.35. The third kappa shape index (κ3) is 10.3. The van der Waals surface area contributed by atoms with Crippen molar-refractivity contribution in [2.24, 2.45) is 23.6 Å². The quantitative estimate of drug-likeness (QED) is 0.154. The number of pyridine rings is 1. The van der Waals surface area contributed by atoms with Gasteiger partial charge in [-0.15, -0.1) is 29.3 Å². The van der Waals surface area contributed by atoms with Crippen molar-refractivity contribution < 1.29 is 65.9 Å². The number of rotatable bonds is 8. The standard InChI is InChI=1S/C62H74N3O.Pt/c1-37(2)44-28-45(38(3)4)30-46(29-44)42-23-24-55(40(6)27-42)65-56-18-16-17-51(57(56)64-59(65)52-35-50(61(10,11)12)36-53(58(52)66)62(13,14)15)47-31-48(33-49(32-47)60(7,8)9)54-34-43(25-26-63-54)41-21-19-39(5)20-22-41;/h16-27,32-38,44-46,66H,28-30H2,1-15H3;/q-1;/i5D3,6D3,10D3,11D3,12D3,13D3,14D3,15D3,19D,20D,21D,22D,37D;. The first-order chi connectivity index (χ1) is 42.9. The van der Waals surface area contributed by atoms with Crippen molar-refractivity contribution >= 4 is 11.0 Å². The number of nitrogens with zero attached hydrogens (tertiary/aromatic N) is 3. The maximum Gasteiger partial charge on any atom is 0.148 e. The Hall–Kier alpha value is -4.79. The summed E-state index contributed by atoms with van der Waals surface area (Å²) in [5, 5.41) is 13.1. The van der Waals surface area contributed by atoms with Crippen molar-refractivity contribution in [1.29, 1.82) is 0 Å². The number of fused-ring (bicyclic) bond motifs is 1. The van der Waals surface area contributed by atoms with Crippen LogP contribution >= 0.6 is 0 Å². The van der Waals surface area contributed by atoms with Crippen LogP contribution in [0.1, 0.15) is 188 Å². The molecule has 0 aliphatic heterocycles. The van der Waals surface area contributed by atoms with Gasteiger partial charge in [0.05, 0.1) is 27.8 Å². The molecule has 2 aromatic heterocycles. The second-order valence-electron chi connectivity index (χ2n) is 19.4. The normalized spacial score (nSPS) is 25.1. The average Bonchev–Trinajstić information content (AvgIpc) is 0.906. The van der Waals surface area contributed by atoms with Gasteiger partial charge >= 0.3 is 0 Å². The number of para-hydroxylation sites is 1. The largest absolute Gasteiger partial charge is 0.507 e. The number of hydrogen-bond donors (Lipinski definition) is 1. The maximum absolute atomic E-state index is 13.1. The molecule has 8 rings (SSSR count). The minimum Gasteiger partial charge on any atom is -0.507 e. The molecule has 1 aliphatic carbocycles. The van der Waals surface area contributed by atoms with Crippen molar-refractivity contribution in [2.75, 3.05) is 0 Å². The molecule has 7 aromatic rings. The van der Waals surface area contributed by atoms with Crippen LogP contribution < -0.4 is 0 Å². The number of phenols is 1. The van der Waals surface area contributed by atoms with E-state index in [1.807, 2.05) is 34.6 Å². The number of benzene rings is 5. The molecule has 3 atom stereocenters. The molecule has 1 fully saturated rings. The van der Waals surface area contributed by atoms with Gasteiger partial charge in [-0.05, 0) is 131 Å². The summed E-state index contributed by atoms with van der Waals surface area (Å²) < 4.78 is 255.